The fourth-order valence-corrected chi connectivity index (χ4v) is 2.65. The highest BCUT2D eigenvalue weighted by molar-refractivity contribution is 9.10. The van der Waals surface area contributed by atoms with Crippen molar-refractivity contribution >= 4 is 21.8 Å². The Morgan fingerprint density at radius 1 is 1.04 bits per heavy atom. The first-order valence-electron chi connectivity index (χ1n) is 7.34. The molecule has 1 N–H and O–H groups in total. The van der Waals surface area contributed by atoms with Crippen LogP contribution in [0.1, 0.15) is 17.5 Å². The molecule has 1 amide bonds. The molecule has 5 heteroatoms. The molecule has 0 bridgehead atoms. The Balaban J connectivity index is 1.86. The Hall–Kier alpha value is -2.01. The average Bonchev–Trinajstić information content (AvgIpc) is 2.57. The molecule has 4 nitrogen and oxygen atoms in total. The minimum absolute atomic E-state index is 0.0202. The number of aryl methyl sites for hydroxylation is 1. The fourth-order valence-electron chi connectivity index (χ4n) is 2.20. The molecule has 0 unspecified atom stereocenters. The number of benzene rings is 2. The predicted octanol–water partition coefficient (Wildman–Crippen LogP) is 3.72. The number of amides is 1. The number of carbonyl (C=O) groups excluding carboxylic acids is 1. The Labute approximate surface area is 144 Å². The van der Waals surface area contributed by atoms with E-state index in [9.17, 15) is 4.79 Å². The van der Waals surface area contributed by atoms with E-state index in [-0.39, 0.29) is 5.91 Å². The van der Waals surface area contributed by atoms with Gasteiger partial charge in [0.1, 0.15) is 11.5 Å². The molecular formula is C18H20BrNO3. The number of carbonyl (C=O) groups is 1. The van der Waals surface area contributed by atoms with Crippen molar-refractivity contribution in [3.8, 4) is 11.5 Å². The quantitative estimate of drug-likeness (QED) is 0.799. The number of hydrogen-bond acceptors (Lipinski definition) is 3. The predicted molar refractivity (Wildman–Crippen MR) is 93.9 cm³/mol. The zero-order valence-corrected chi connectivity index (χ0v) is 14.9. The molecule has 0 aliphatic heterocycles. The first kappa shape index (κ1) is 17.3. The molecule has 2 rings (SSSR count). The lowest BCUT2D eigenvalue weighted by Gasteiger charge is -2.09. The summed E-state index contributed by atoms with van der Waals surface area (Å²) >= 11 is 3.42. The van der Waals surface area contributed by atoms with E-state index in [0.29, 0.717) is 19.4 Å². The van der Waals surface area contributed by atoms with Crippen LogP contribution in [-0.2, 0) is 17.8 Å². The third-order valence-corrected chi connectivity index (χ3v) is 3.92. The van der Waals surface area contributed by atoms with Crippen LogP contribution in [0.5, 0.6) is 11.5 Å². The lowest BCUT2D eigenvalue weighted by atomic mass is 10.1. The maximum atomic E-state index is 12.0. The number of methoxy groups -OCH3 is 2. The average molecular weight is 378 g/mol. The van der Waals surface area contributed by atoms with Crippen LogP contribution < -0.4 is 14.8 Å². The largest absolute Gasteiger partial charge is 0.497 e. The van der Waals surface area contributed by atoms with Crippen LogP contribution in [0.25, 0.3) is 0 Å². The van der Waals surface area contributed by atoms with E-state index in [0.717, 1.165) is 27.1 Å². The maximum Gasteiger partial charge on any atom is 0.220 e. The van der Waals surface area contributed by atoms with Crippen molar-refractivity contribution < 1.29 is 14.3 Å². The van der Waals surface area contributed by atoms with E-state index >= 15 is 0 Å². The van der Waals surface area contributed by atoms with Crippen molar-refractivity contribution in [3.05, 3.63) is 58.1 Å². The molecule has 0 radical (unpaired) electrons. The summed E-state index contributed by atoms with van der Waals surface area (Å²) in [4.78, 5) is 12.0. The number of halogens is 1. The second kappa shape index (κ2) is 8.58. The molecule has 0 aliphatic rings. The van der Waals surface area contributed by atoms with Gasteiger partial charge in [-0.05, 0) is 41.8 Å². The molecule has 0 aromatic heterocycles. The number of rotatable bonds is 7. The van der Waals surface area contributed by atoms with Crippen molar-refractivity contribution in [3.63, 3.8) is 0 Å². The molecule has 122 valence electrons. The van der Waals surface area contributed by atoms with Crippen LogP contribution in [0.15, 0.2) is 46.9 Å². The van der Waals surface area contributed by atoms with Gasteiger partial charge in [-0.2, -0.15) is 0 Å². The molecule has 2 aromatic carbocycles. The second-order valence-corrected chi connectivity index (χ2v) is 6.04. The number of nitrogens with one attached hydrogen (secondary N) is 1. The van der Waals surface area contributed by atoms with Gasteiger partial charge in [0.05, 0.1) is 14.2 Å². The van der Waals surface area contributed by atoms with Crippen molar-refractivity contribution in [2.45, 2.75) is 19.4 Å². The lowest BCUT2D eigenvalue weighted by molar-refractivity contribution is -0.121. The van der Waals surface area contributed by atoms with E-state index in [2.05, 4.69) is 21.2 Å². The smallest absolute Gasteiger partial charge is 0.220 e. The summed E-state index contributed by atoms with van der Waals surface area (Å²) in [5, 5.41) is 2.93. The first-order valence-corrected chi connectivity index (χ1v) is 8.13. The highest BCUT2D eigenvalue weighted by atomic mass is 79.9. The lowest BCUT2D eigenvalue weighted by Crippen LogP contribution is -2.23. The molecule has 23 heavy (non-hydrogen) atoms. The number of hydrogen-bond donors (Lipinski definition) is 1. The van der Waals surface area contributed by atoms with Gasteiger partial charge in [-0.3, -0.25) is 4.79 Å². The van der Waals surface area contributed by atoms with Gasteiger partial charge in [0, 0.05) is 23.5 Å². The summed E-state index contributed by atoms with van der Waals surface area (Å²) in [6.07, 6.45) is 1.06. The van der Waals surface area contributed by atoms with Gasteiger partial charge >= 0.3 is 0 Å². The van der Waals surface area contributed by atoms with Crippen LogP contribution in [0.2, 0.25) is 0 Å². The van der Waals surface area contributed by atoms with Gasteiger partial charge in [-0.15, -0.1) is 0 Å². The highest BCUT2D eigenvalue weighted by Gasteiger charge is 2.06. The summed E-state index contributed by atoms with van der Waals surface area (Å²) < 4.78 is 11.5. The first-order chi connectivity index (χ1) is 11.1. The van der Waals surface area contributed by atoms with Crippen LogP contribution in [0.3, 0.4) is 0 Å². The van der Waals surface area contributed by atoms with E-state index in [1.165, 1.54) is 0 Å². The van der Waals surface area contributed by atoms with Gasteiger partial charge in [0.25, 0.3) is 0 Å². The van der Waals surface area contributed by atoms with E-state index in [1.807, 2.05) is 42.5 Å². The minimum atomic E-state index is 0.0202. The Morgan fingerprint density at radius 2 is 1.74 bits per heavy atom. The van der Waals surface area contributed by atoms with Gasteiger partial charge in [-0.25, -0.2) is 0 Å². The van der Waals surface area contributed by atoms with E-state index in [1.54, 1.807) is 14.2 Å². The molecule has 2 aromatic rings. The molecule has 0 atom stereocenters. The van der Waals surface area contributed by atoms with Crippen LogP contribution in [0, 0.1) is 0 Å². The van der Waals surface area contributed by atoms with Crippen LogP contribution in [0.4, 0.5) is 0 Å². The van der Waals surface area contributed by atoms with Gasteiger partial charge in [0.15, 0.2) is 0 Å². The summed E-state index contributed by atoms with van der Waals surface area (Å²) in [7, 11) is 3.23. The Kier molecular flexibility index (Phi) is 6.47. The molecule has 0 saturated carbocycles. The molecule has 0 fully saturated rings. The fraction of sp³-hybridized carbons (Fsp3) is 0.278. The standard InChI is InChI=1S/C18H20BrNO3/c1-22-16-9-13(10-17(11-16)23-2)6-7-18(21)20-12-14-4-3-5-15(19)8-14/h3-5,8-11H,6-7,12H2,1-2H3,(H,20,21). The second-order valence-electron chi connectivity index (χ2n) is 5.13. The zero-order chi connectivity index (χ0) is 16.7. The maximum absolute atomic E-state index is 12.0. The van der Waals surface area contributed by atoms with Crippen molar-refractivity contribution in [2.75, 3.05) is 14.2 Å². The third kappa shape index (κ3) is 5.60. The molecule has 0 spiro atoms. The monoisotopic (exact) mass is 377 g/mol. The van der Waals surface area contributed by atoms with E-state index in [4.69, 9.17) is 9.47 Å². The topological polar surface area (TPSA) is 47.6 Å². The van der Waals surface area contributed by atoms with Gasteiger partial charge in [0.2, 0.25) is 5.91 Å². The minimum Gasteiger partial charge on any atom is -0.497 e. The van der Waals surface area contributed by atoms with Gasteiger partial charge < -0.3 is 14.8 Å². The van der Waals surface area contributed by atoms with E-state index < -0.39 is 0 Å². The summed E-state index contributed by atoms with van der Waals surface area (Å²) in [5.74, 6) is 1.48. The SMILES string of the molecule is COc1cc(CCC(=O)NCc2cccc(Br)c2)cc(OC)c1. The van der Waals surface area contributed by atoms with Crippen LogP contribution in [-0.4, -0.2) is 20.1 Å². The molecule has 0 aliphatic carbocycles. The Morgan fingerprint density at radius 3 is 2.35 bits per heavy atom. The van der Waals surface area contributed by atoms with Crippen molar-refractivity contribution in [1.29, 1.82) is 0 Å². The summed E-state index contributed by atoms with van der Waals surface area (Å²) in [5.41, 5.74) is 2.08. The highest BCUT2D eigenvalue weighted by Crippen LogP contribution is 2.23. The van der Waals surface area contributed by atoms with Crippen LogP contribution >= 0.6 is 15.9 Å². The molecule has 0 heterocycles. The van der Waals surface area contributed by atoms with Crippen molar-refractivity contribution in [2.24, 2.45) is 0 Å². The molecule has 0 saturated heterocycles. The number of ether oxygens (including phenoxy) is 2. The molecular weight excluding hydrogens is 358 g/mol. The summed E-state index contributed by atoms with van der Waals surface area (Å²) in [6.45, 7) is 0.527. The zero-order valence-electron chi connectivity index (χ0n) is 13.3. The van der Waals surface area contributed by atoms with Gasteiger partial charge in [-0.1, -0.05) is 28.1 Å². The third-order valence-electron chi connectivity index (χ3n) is 3.43. The normalized spacial score (nSPS) is 10.2. The summed E-state index contributed by atoms with van der Waals surface area (Å²) in [6, 6.07) is 13.5. The van der Waals surface area contributed by atoms with Crippen molar-refractivity contribution in [1.82, 2.24) is 5.32 Å². The Bertz CT molecular complexity index is 651.